The standard InChI is InChI=1S/C26H20N4O3/c1-17-12-24(31)30-25(28-17)19-8-5-10-22(14-19)29-26(32)20-9-4-6-18(13-20)16-33-23-11-3-2-7-21(23)15-27/h2-14H,16H2,1H3,(H,29,32)(H,28,30,31). The molecule has 7 heteroatoms. The van der Waals surface area contributed by atoms with Crippen LogP contribution in [0.2, 0.25) is 0 Å². The Hall–Kier alpha value is -4.70. The number of hydrogen-bond acceptors (Lipinski definition) is 5. The number of H-pyrrole nitrogens is 1. The maximum atomic E-state index is 12.8. The Morgan fingerprint density at radius 1 is 1.06 bits per heavy atom. The van der Waals surface area contributed by atoms with E-state index in [-0.39, 0.29) is 18.1 Å². The topological polar surface area (TPSA) is 108 Å². The van der Waals surface area contributed by atoms with E-state index in [1.807, 2.05) is 12.1 Å². The Bertz CT molecular complexity index is 1420. The summed E-state index contributed by atoms with van der Waals surface area (Å²) in [5, 5.41) is 12.1. The third kappa shape index (κ3) is 5.32. The summed E-state index contributed by atoms with van der Waals surface area (Å²) < 4.78 is 5.76. The Labute approximate surface area is 190 Å². The summed E-state index contributed by atoms with van der Waals surface area (Å²) in [6.45, 7) is 1.97. The van der Waals surface area contributed by atoms with Crippen LogP contribution in [0.1, 0.15) is 27.2 Å². The molecule has 0 radical (unpaired) electrons. The molecule has 0 aliphatic heterocycles. The van der Waals surface area contributed by atoms with Crippen molar-refractivity contribution in [1.82, 2.24) is 9.97 Å². The van der Waals surface area contributed by atoms with E-state index >= 15 is 0 Å². The lowest BCUT2D eigenvalue weighted by molar-refractivity contribution is 0.102. The first-order chi connectivity index (χ1) is 16.0. The van der Waals surface area contributed by atoms with Crippen LogP contribution in [0.5, 0.6) is 5.75 Å². The molecule has 0 saturated carbocycles. The molecule has 4 aromatic rings. The fraction of sp³-hybridized carbons (Fsp3) is 0.0769. The van der Waals surface area contributed by atoms with Crippen LogP contribution in [0.25, 0.3) is 11.4 Å². The maximum absolute atomic E-state index is 12.8. The van der Waals surface area contributed by atoms with E-state index < -0.39 is 0 Å². The van der Waals surface area contributed by atoms with E-state index in [2.05, 4.69) is 21.4 Å². The fourth-order valence-corrected chi connectivity index (χ4v) is 3.31. The van der Waals surface area contributed by atoms with Gasteiger partial charge in [-0.15, -0.1) is 0 Å². The molecular weight excluding hydrogens is 416 g/mol. The Morgan fingerprint density at radius 3 is 2.70 bits per heavy atom. The normalized spacial score (nSPS) is 10.3. The van der Waals surface area contributed by atoms with Gasteiger partial charge in [0.1, 0.15) is 24.3 Å². The number of amides is 1. The predicted octanol–water partition coefficient (Wildman–Crippen LogP) is 4.45. The highest BCUT2D eigenvalue weighted by Gasteiger charge is 2.10. The lowest BCUT2D eigenvalue weighted by Gasteiger charge is -2.10. The van der Waals surface area contributed by atoms with Crippen LogP contribution >= 0.6 is 0 Å². The van der Waals surface area contributed by atoms with Crippen LogP contribution in [0.4, 0.5) is 5.69 Å². The number of anilines is 1. The summed E-state index contributed by atoms with van der Waals surface area (Å²) in [4.78, 5) is 31.6. The SMILES string of the molecule is Cc1cc(=O)[nH]c(-c2cccc(NC(=O)c3cccc(COc4ccccc4C#N)c3)c2)n1. The molecule has 0 atom stereocenters. The quantitative estimate of drug-likeness (QED) is 0.464. The second-order valence-electron chi connectivity index (χ2n) is 7.37. The van der Waals surface area contributed by atoms with Crippen molar-refractivity contribution in [2.45, 2.75) is 13.5 Å². The first-order valence-electron chi connectivity index (χ1n) is 10.2. The number of carbonyl (C=O) groups excluding carboxylic acids is 1. The molecule has 4 rings (SSSR count). The number of hydrogen-bond donors (Lipinski definition) is 2. The minimum atomic E-state index is -0.280. The molecule has 0 aliphatic rings. The molecule has 0 fully saturated rings. The van der Waals surface area contributed by atoms with E-state index in [0.717, 1.165) is 5.56 Å². The van der Waals surface area contributed by atoms with E-state index in [1.165, 1.54) is 6.07 Å². The number of benzene rings is 3. The third-order valence-corrected chi connectivity index (χ3v) is 4.85. The maximum Gasteiger partial charge on any atom is 0.255 e. The highest BCUT2D eigenvalue weighted by Crippen LogP contribution is 2.21. The van der Waals surface area contributed by atoms with Crippen LogP contribution in [-0.2, 0) is 6.61 Å². The summed E-state index contributed by atoms with van der Waals surface area (Å²) in [6.07, 6.45) is 0. The number of carbonyl (C=O) groups is 1. The number of aromatic nitrogens is 2. The van der Waals surface area contributed by atoms with Gasteiger partial charge in [-0.05, 0) is 48.9 Å². The van der Waals surface area contributed by atoms with Gasteiger partial charge in [0.15, 0.2) is 0 Å². The average Bonchev–Trinajstić information content (AvgIpc) is 2.82. The van der Waals surface area contributed by atoms with Crippen molar-refractivity contribution < 1.29 is 9.53 Å². The van der Waals surface area contributed by atoms with Gasteiger partial charge < -0.3 is 15.0 Å². The van der Waals surface area contributed by atoms with Crippen LogP contribution in [0.3, 0.4) is 0 Å². The monoisotopic (exact) mass is 436 g/mol. The average molecular weight is 436 g/mol. The number of ether oxygens (including phenoxy) is 1. The van der Waals surface area contributed by atoms with Gasteiger partial charge in [-0.3, -0.25) is 9.59 Å². The molecule has 0 unspecified atom stereocenters. The second-order valence-corrected chi connectivity index (χ2v) is 7.37. The van der Waals surface area contributed by atoms with Crippen LogP contribution in [-0.4, -0.2) is 15.9 Å². The molecule has 3 aromatic carbocycles. The van der Waals surface area contributed by atoms with Gasteiger partial charge in [0.25, 0.3) is 11.5 Å². The van der Waals surface area contributed by atoms with Gasteiger partial charge in [0.05, 0.1) is 5.56 Å². The first-order valence-corrected chi connectivity index (χ1v) is 10.2. The van der Waals surface area contributed by atoms with E-state index in [9.17, 15) is 14.9 Å². The summed E-state index contributed by atoms with van der Waals surface area (Å²) in [5.74, 6) is 0.652. The molecule has 2 N–H and O–H groups in total. The van der Waals surface area contributed by atoms with Crippen molar-refractivity contribution in [2.24, 2.45) is 0 Å². The molecule has 1 aromatic heterocycles. The third-order valence-electron chi connectivity index (χ3n) is 4.85. The Kier molecular flexibility index (Phi) is 6.28. The van der Waals surface area contributed by atoms with Crippen LogP contribution in [0, 0.1) is 18.3 Å². The van der Waals surface area contributed by atoms with Gasteiger partial charge in [-0.25, -0.2) is 4.98 Å². The highest BCUT2D eigenvalue weighted by molar-refractivity contribution is 6.04. The van der Waals surface area contributed by atoms with Gasteiger partial charge >= 0.3 is 0 Å². The van der Waals surface area contributed by atoms with Gasteiger partial charge in [0, 0.05) is 28.6 Å². The van der Waals surface area contributed by atoms with Crippen molar-refractivity contribution in [3.63, 3.8) is 0 Å². The molecule has 0 aliphatic carbocycles. The van der Waals surface area contributed by atoms with Gasteiger partial charge in [-0.2, -0.15) is 5.26 Å². The zero-order valence-corrected chi connectivity index (χ0v) is 17.8. The van der Waals surface area contributed by atoms with Crippen molar-refractivity contribution in [2.75, 3.05) is 5.32 Å². The number of nitriles is 1. The molecule has 162 valence electrons. The zero-order chi connectivity index (χ0) is 23.2. The number of aromatic amines is 1. The second kappa shape index (κ2) is 9.62. The molecule has 0 bridgehead atoms. The lowest BCUT2D eigenvalue weighted by atomic mass is 10.1. The van der Waals surface area contributed by atoms with Crippen molar-refractivity contribution in [3.05, 3.63) is 112 Å². The molecule has 1 amide bonds. The number of nitrogens with zero attached hydrogens (tertiary/aromatic N) is 2. The van der Waals surface area contributed by atoms with E-state index in [4.69, 9.17) is 4.74 Å². The Balaban J connectivity index is 1.48. The number of rotatable bonds is 6. The molecule has 0 spiro atoms. The van der Waals surface area contributed by atoms with Crippen molar-refractivity contribution >= 4 is 11.6 Å². The van der Waals surface area contributed by atoms with Crippen molar-refractivity contribution in [3.8, 4) is 23.2 Å². The molecule has 33 heavy (non-hydrogen) atoms. The molecule has 7 nitrogen and oxygen atoms in total. The first kappa shape index (κ1) is 21.5. The summed E-state index contributed by atoms with van der Waals surface area (Å²) >= 11 is 0. The summed E-state index contributed by atoms with van der Waals surface area (Å²) in [5.41, 5.74) is 3.36. The predicted molar refractivity (Wildman–Crippen MR) is 125 cm³/mol. The molecule has 1 heterocycles. The van der Waals surface area contributed by atoms with Gasteiger partial charge in [0.2, 0.25) is 0 Å². The van der Waals surface area contributed by atoms with Gasteiger partial charge in [-0.1, -0.05) is 36.4 Å². The fourth-order valence-electron chi connectivity index (χ4n) is 3.31. The summed E-state index contributed by atoms with van der Waals surface area (Å²) in [7, 11) is 0. The number of para-hydroxylation sites is 1. The zero-order valence-electron chi connectivity index (χ0n) is 17.8. The molecular formula is C26H20N4O3. The van der Waals surface area contributed by atoms with Crippen LogP contribution in [0.15, 0.2) is 83.7 Å². The number of nitrogens with one attached hydrogen (secondary N) is 2. The smallest absolute Gasteiger partial charge is 0.255 e. The highest BCUT2D eigenvalue weighted by atomic mass is 16.5. The van der Waals surface area contributed by atoms with Crippen LogP contribution < -0.4 is 15.6 Å². The summed E-state index contributed by atoms with van der Waals surface area (Å²) in [6, 6.07) is 24.7. The lowest BCUT2D eigenvalue weighted by Crippen LogP contribution is -2.13. The number of aryl methyl sites for hydroxylation is 1. The van der Waals surface area contributed by atoms with Crippen molar-refractivity contribution in [1.29, 1.82) is 5.26 Å². The minimum Gasteiger partial charge on any atom is -0.488 e. The Morgan fingerprint density at radius 2 is 1.88 bits per heavy atom. The molecule has 0 saturated heterocycles. The van der Waals surface area contributed by atoms with E-state index in [1.54, 1.807) is 67.6 Å². The minimum absolute atomic E-state index is 0.224. The van der Waals surface area contributed by atoms with E-state index in [0.29, 0.717) is 39.6 Å². The largest absolute Gasteiger partial charge is 0.488 e.